The summed E-state index contributed by atoms with van der Waals surface area (Å²) in [6.45, 7) is 0.881. The van der Waals surface area contributed by atoms with Gasteiger partial charge < -0.3 is 23.9 Å². The quantitative estimate of drug-likeness (QED) is 0.421. The number of ketones is 1. The van der Waals surface area contributed by atoms with Crippen LogP contribution in [0.5, 0.6) is 11.5 Å². The molecule has 2 amide bonds. The second kappa shape index (κ2) is 11.1. The number of carbonyl (C=O) groups excluding carboxylic acids is 3. The molecule has 1 fully saturated rings. The summed E-state index contributed by atoms with van der Waals surface area (Å²) >= 11 is 5.88. The number of anilines is 1. The van der Waals surface area contributed by atoms with Crippen LogP contribution in [0.3, 0.4) is 0 Å². The topological polar surface area (TPSA) is 107 Å². The minimum absolute atomic E-state index is 0.0225. The Morgan fingerprint density at radius 3 is 2.73 bits per heavy atom. The largest absolute Gasteiger partial charge is 0.485 e. The second-order valence-corrected chi connectivity index (χ2v) is 9.16. The van der Waals surface area contributed by atoms with Crippen molar-refractivity contribution in [2.24, 2.45) is 0 Å². The predicted molar refractivity (Wildman–Crippen MR) is 134 cm³/mol. The second-order valence-electron chi connectivity index (χ2n) is 8.73. The fraction of sp³-hybridized carbons (Fsp3) is 0.296. The Balaban J connectivity index is 1.25. The maximum atomic E-state index is 12.8. The molecule has 3 heterocycles. The van der Waals surface area contributed by atoms with Gasteiger partial charge in [0, 0.05) is 23.7 Å². The van der Waals surface area contributed by atoms with Gasteiger partial charge in [-0.3, -0.25) is 19.3 Å². The number of benzene rings is 2. The zero-order valence-corrected chi connectivity index (χ0v) is 20.7. The molecule has 1 aromatic heterocycles. The summed E-state index contributed by atoms with van der Waals surface area (Å²) in [5.74, 6) is 0.654. The van der Waals surface area contributed by atoms with E-state index in [1.165, 1.54) is 4.90 Å². The molecular weight excluding hydrogens is 500 g/mol. The van der Waals surface area contributed by atoms with E-state index in [4.69, 9.17) is 30.2 Å². The fourth-order valence-corrected chi connectivity index (χ4v) is 4.28. The average Bonchev–Trinajstić information content (AvgIpc) is 3.61. The Bertz CT molecular complexity index is 1300. The van der Waals surface area contributed by atoms with Gasteiger partial charge in [0.15, 0.2) is 24.8 Å². The van der Waals surface area contributed by atoms with Crippen LogP contribution in [0.25, 0.3) is 0 Å². The average molecular weight is 525 g/mol. The number of carbonyl (C=O) groups is 3. The van der Waals surface area contributed by atoms with E-state index in [9.17, 15) is 14.4 Å². The lowest BCUT2D eigenvalue weighted by atomic mass is 10.1. The van der Waals surface area contributed by atoms with Crippen molar-refractivity contribution >= 4 is 34.9 Å². The van der Waals surface area contributed by atoms with Gasteiger partial charge in [-0.2, -0.15) is 0 Å². The third-order valence-electron chi connectivity index (χ3n) is 6.12. The monoisotopic (exact) mass is 524 g/mol. The van der Waals surface area contributed by atoms with E-state index in [0.29, 0.717) is 46.7 Å². The van der Waals surface area contributed by atoms with Gasteiger partial charge in [-0.15, -0.1) is 0 Å². The third-order valence-corrected chi connectivity index (χ3v) is 6.37. The van der Waals surface area contributed by atoms with Gasteiger partial charge in [0.1, 0.15) is 17.3 Å². The molecule has 2 aliphatic rings. The molecule has 3 aromatic rings. The molecule has 0 bridgehead atoms. The van der Waals surface area contributed by atoms with Gasteiger partial charge in [-0.05, 0) is 67.4 Å². The van der Waals surface area contributed by atoms with Crippen LogP contribution in [0.1, 0.15) is 39.5 Å². The molecule has 37 heavy (non-hydrogen) atoms. The van der Waals surface area contributed by atoms with Crippen LogP contribution in [-0.2, 0) is 16.1 Å². The van der Waals surface area contributed by atoms with Crippen molar-refractivity contribution < 1.29 is 33.0 Å². The van der Waals surface area contributed by atoms with Crippen LogP contribution in [0.4, 0.5) is 5.69 Å². The van der Waals surface area contributed by atoms with Gasteiger partial charge in [0.25, 0.3) is 11.8 Å². The smallest absolute Gasteiger partial charge is 0.287 e. The number of furan rings is 1. The molecule has 0 radical (unpaired) electrons. The van der Waals surface area contributed by atoms with Crippen LogP contribution in [0.15, 0.2) is 59.0 Å². The van der Waals surface area contributed by atoms with E-state index < -0.39 is 0 Å². The van der Waals surface area contributed by atoms with Crippen LogP contribution in [0.2, 0.25) is 5.02 Å². The van der Waals surface area contributed by atoms with Gasteiger partial charge in [0.2, 0.25) is 0 Å². The van der Waals surface area contributed by atoms with Gasteiger partial charge in [-0.25, -0.2) is 0 Å². The van der Waals surface area contributed by atoms with Gasteiger partial charge >= 0.3 is 0 Å². The lowest BCUT2D eigenvalue weighted by molar-refractivity contribution is -0.121. The van der Waals surface area contributed by atoms with Crippen molar-refractivity contribution in [1.82, 2.24) is 5.32 Å². The standard InChI is InChI=1S/C27H25ClN2O7/c28-18-4-6-19(7-5-18)35-15-23(31)17-3-9-24-22(12-17)30(26(32)16-36-24)14-21-8-10-25(37-21)27(33)29-13-20-2-1-11-34-20/h3-10,12,20H,1-2,11,13-16H2,(H,29,33)/t20-/m1/s1. The molecular formula is C27H25ClN2O7. The SMILES string of the molecule is O=C(COc1ccc(Cl)cc1)c1ccc2c(c1)N(Cc1ccc(C(=O)NC[C@H]3CCCO3)o1)C(=O)CO2. The molecule has 192 valence electrons. The molecule has 1 saturated heterocycles. The van der Waals surface area contributed by atoms with Gasteiger partial charge in [0.05, 0.1) is 18.3 Å². The molecule has 0 aliphatic carbocycles. The summed E-state index contributed by atoms with van der Waals surface area (Å²) in [5, 5.41) is 3.39. The first-order chi connectivity index (χ1) is 18.0. The number of Topliss-reactive ketones (excluding diaryl/α,β-unsaturated/α-hetero) is 1. The zero-order chi connectivity index (χ0) is 25.8. The first-order valence-corrected chi connectivity index (χ1v) is 12.3. The van der Waals surface area contributed by atoms with E-state index in [0.717, 1.165) is 12.8 Å². The van der Waals surface area contributed by atoms with Crippen LogP contribution >= 0.6 is 11.6 Å². The van der Waals surface area contributed by atoms with E-state index in [2.05, 4.69) is 5.32 Å². The molecule has 0 unspecified atom stereocenters. The third kappa shape index (κ3) is 5.95. The number of rotatable bonds is 9. The van der Waals surface area contributed by atoms with Crippen molar-refractivity contribution in [3.8, 4) is 11.5 Å². The fourth-order valence-electron chi connectivity index (χ4n) is 4.15. The highest BCUT2D eigenvalue weighted by Gasteiger charge is 2.28. The zero-order valence-electron chi connectivity index (χ0n) is 19.9. The molecule has 0 saturated carbocycles. The predicted octanol–water partition coefficient (Wildman–Crippen LogP) is 4.03. The number of ether oxygens (including phenoxy) is 3. The summed E-state index contributed by atoms with van der Waals surface area (Å²) in [5.41, 5.74) is 0.805. The lowest BCUT2D eigenvalue weighted by Crippen LogP contribution is -2.38. The first kappa shape index (κ1) is 24.9. The summed E-state index contributed by atoms with van der Waals surface area (Å²) in [6, 6.07) is 14.8. The molecule has 2 aliphatic heterocycles. The maximum absolute atomic E-state index is 12.8. The summed E-state index contributed by atoms with van der Waals surface area (Å²) < 4.78 is 22.3. The van der Waals surface area contributed by atoms with Crippen molar-refractivity contribution in [3.63, 3.8) is 0 Å². The van der Waals surface area contributed by atoms with E-state index in [1.807, 2.05) is 0 Å². The molecule has 1 atom stereocenters. The normalized spacial score (nSPS) is 16.7. The Kier molecular flexibility index (Phi) is 7.43. The number of hydrogen-bond acceptors (Lipinski definition) is 7. The number of hydrogen-bond donors (Lipinski definition) is 1. The molecule has 10 heteroatoms. The van der Waals surface area contributed by atoms with Crippen molar-refractivity contribution in [2.45, 2.75) is 25.5 Å². The molecule has 1 N–H and O–H groups in total. The minimum Gasteiger partial charge on any atom is -0.485 e. The Labute approximate surface area is 218 Å². The number of fused-ring (bicyclic) bond motifs is 1. The van der Waals surface area contributed by atoms with Gasteiger partial charge in [-0.1, -0.05) is 11.6 Å². The number of halogens is 1. The minimum atomic E-state index is -0.343. The number of nitrogens with one attached hydrogen (secondary N) is 1. The van der Waals surface area contributed by atoms with Crippen LogP contribution in [-0.4, -0.2) is 50.1 Å². The van der Waals surface area contributed by atoms with E-state index in [-0.39, 0.29) is 49.2 Å². The molecule has 9 nitrogen and oxygen atoms in total. The van der Waals surface area contributed by atoms with E-state index >= 15 is 0 Å². The summed E-state index contributed by atoms with van der Waals surface area (Å²) in [6.07, 6.45) is 1.93. The van der Waals surface area contributed by atoms with Crippen molar-refractivity contribution in [2.75, 3.05) is 31.3 Å². The lowest BCUT2D eigenvalue weighted by Gasteiger charge is -2.29. The number of amides is 2. The number of nitrogens with zero attached hydrogens (tertiary/aromatic N) is 1. The van der Waals surface area contributed by atoms with Crippen LogP contribution < -0.4 is 19.7 Å². The Hall–Kier alpha value is -3.82. The molecule has 2 aromatic carbocycles. The maximum Gasteiger partial charge on any atom is 0.287 e. The highest BCUT2D eigenvalue weighted by Crippen LogP contribution is 2.34. The first-order valence-electron chi connectivity index (χ1n) is 11.9. The Morgan fingerprint density at radius 2 is 1.95 bits per heavy atom. The highest BCUT2D eigenvalue weighted by molar-refractivity contribution is 6.30. The van der Waals surface area contributed by atoms with E-state index in [1.54, 1.807) is 54.6 Å². The van der Waals surface area contributed by atoms with Crippen molar-refractivity contribution in [3.05, 3.63) is 76.7 Å². The summed E-state index contributed by atoms with van der Waals surface area (Å²) in [7, 11) is 0. The van der Waals surface area contributed by atoms with Crippen LogP contribution in [0, 0.1) is 0 Å². The summed E-state index contributed by atoms with van der Waals surface area (Å²) in [4.78, 5) is 39.4. The Morgan fingerprint density at radius 1 is 1.11 bits per heavy atom. The molecule has 5 rings (SSSR count). The highest BCUT2D eigenvalue weighted by atomic mass is 35.5. The molecule has 0 spiro atoms. The van der Waals surface area contributed by atoms with Crippen molar-refractivity contribution in [1.29, 1.82) is 0 Å².